The Bertz CT molecular complexity index is 2480. The Hall–Kier alpha value is -6.02. The zero-order valence-corrected chi connectivity index (χ0v) is 49.0. The summed E-state index contributed by atoms with van der Waals surface area (Å²) < 4.78 is 73.7. The number of alkyl carbamates (subject to hydrolysis) is 2. The van der Waals surface area contributed by atoms with E-state index in [1.54, 1.807) is 72.7 Å². The molecule has 16 nitrogen and oxygen atoms in total. The van der Waals surface area contributed by atoms with Gasteiger partial charge >= 0.3 is 24.1 Å². The molecule has 0 heterocycles. The van der Waals surface area contributed by atoms with Crippen molar-refractivity contribution < 1.29 is 76.1 Å². The SMILES string of the molecule is C[C@H](O)[C@H](OCC1CC1)[C@H](CCOC[C@H](NC(=O)OC(C)(C)C)C(=O)O)Cc1ccc(F)cc1.C[C@H](OCc1ccccc1)[C@H](OCC1CC1)[C@H](CCOC[C@H](NC(=O)OC(C)(C)C)C(=O)OCc1ccccc1)Cc1ccc(F)cc1. The molecule has 2 aliphatic carbocycles. The van der Waals surface area contributed by atoms with Crippen LogP contribution in [0.3, 0.4) is 0 Å². The van der Waals surface area contributed by atoms with Crippen molar-refractivity contribution in [2.24, 2.45) is 23.7 Å². The van der Waals surface area contributed by atoms with Gasteiger partial charge in [0, 0.05) is 26.4 Å². The number of benzene rings is 4. The smallest absolute Gasteiger partial charge is 0.408 e. The monoisotopic (exact) mass is 1150 g/mol. The average molecular weight is 1150 g/mol. The maximum atomic E-state index is 13.8. The van der Waals surface area contributed by atoms with Gasteiger partial charge in [0.2, 0.25) is 0 Å². The lowest BCUT2D eigenvalue weighted by Gasteiger charge is -2.32. The molecular formula is C64H88F2N2O14. The number of nitrogens with one attached hydrogen (secondary N) is 2. The van der Waals surface area contributed by atoms with Crippen molar-refractivity contribution in [3.05, 3.63) is 143 Å². The van der Waals surface area contributed by atoms with Gasteiger partial charge in [0.05, 0.1) is 44.2 Å². The summed E-state index contributed by atoms with van der Waals surface area (Å²) in [7, 11) is 0. The van der Waals surface area contributed by atoms with Crippen LogP contribution in [0, 0.1) is 35.3 Å². The van der Waals surface area contributed by atoms with Gasteiger partial charge in [-0.05, 0) is 177 Å². The van der Waals surface area contributed by atoms with E-state index in [2.05, 4.69) is 10.6 Å². The third-order valence-corrected chi connectivity index (χ3v) is 13.5. The van der Waals surface area contributed by atoms with Gasteiger partial charge < -0.3 is 58.7 Å². The van der Waals surface area contributed by atoms with Crippen LogP contribution in [0.5, 0.6) is 0 Å². The Morgan fingerprint density at radius 3 is 1.40 bits per heavy atom. The van der Waals surface area contributed by atoms with Gasteiger partial charge in [0.25, 0.3) is 0 Å². The summed E-state index contributed by atoms with van der Waals surface area (Å²) >= 11 is 0. The second-order valence-corrected chi connectivity index (χ2v) is 23.5. The number of aliphatic carboxylic acids is 1. The van der Waals surface area contributed by atoms with Crippen molar-refractivity contribution in [3.63, 3.8) is 0 Å². The summed E-state index contributed by atoms with van der Waals surface area (Å²) in [5, 5.41) is 24.7. The Labute approximate surface area is 483 Å². The number of rotatable bonds is 33. The Balaban J connectivity index is 0.000000320. The van der Waals surface area contributed by atoms with Crippen molar-refractivity contribution in [2.45, 2.75) is 168 Å². The first-order valence-corrected chi connectivity index (χ1v) is 28.6. The molecule has 4 aromatic carbocycles. The molecule has 0 aromatic heterocycles. The van der Waals surface area contributed by atoms with E-state index in [1.165, 1.54) is 24.3 Å². The number of aliphatic hydroxyl groups excluding tert-OH is 1. The summed E-state index contributed by atoms with van der Waals surface area (Å²) in [5.41, 5.74) is 2.29. The molecule has 0 aliphatic heterocycles. The van der Waals surface area contributed by atoms with Gasteiger partial charge in [-0.25, -0.2) is 28.0 Å². The van der Waals surface area contributed by atoms with E-state index in [0.717, 1.165) is 47.9 Å². The molecule has 0 spiro atoms. The van der Waals surface area contributed by atoms with Crippen molar-refractivity contribution in [2.75, 3.05) is 39.6 Å². The van der Waals surface area contributed by atoms with Gasteiger partial charge in [-0.15, -0.1) is 0 Å². The summed E-state index contributed by atoms with van der Waals surface area (Å²) in [4.78, 5) is 49.2. The van der Waals surface area contributed by atoms with Gasteiger partial charge in [0.15, 0.2) is 12.1 Å². The van der Waals surface area contributed by atoms with Crippen molar-refractivity contribution >= 4 is 24.1 Å². The molecule has 4 N–H and O–H groups in total. The molecule has 452 valence electrons. The number of hydrogen-bond acceptors (Lipinski definition) is 13. The molecule has 0 unspecified atom stereocenters. The fourth-order valence-electron chi connectivity index (χ4n) is 8.84. The van der Waals surface area contributed by atoms with E-state index in [9.17, 15) is 38.2 Å². The molecule has 2 amide bonds. The second-order valence-electron chi connectivity index (χ2n) is 23.5. The number of amides is 2. The molecule has 18 heteroatoms. The Morgan fingerprint density at radius 2 is 0.976 bits per heavy atom. The van der Waals surface area contributed by atoms with E-state index >= 15 is 0 Å². The summed E-state index contributed by atoms with van der Waals surface area (Å²) in [6.45, 7) is 15.9. The quantitative estimate of drug-likeness (QED) is 0.0199. The van der Waals surface area contributed by atoms with Crippen LogP contribution in [-0.2, 0) is 73.5 Å². The standard InChI is InChI=1S/C39H50FNO7.C25H38FNO7/c1-28(45-24-30-11-7-5-8-12-30)36(46-25-32-15-16-32)33(23-29-17-19-34(40)20-18-29)21-22-44-27-35(41-38(43)48-39(2,3)4)37(42)47-26-31-13-9-6-10-14-31;1-16(28)22(33-14-18-5-6-18)19(13-17-7-9-20(26)10-8-17)11-12-32-15-21(23(29)30)27-24(31)34-25(2,3)4/h5-14,17-20,28,32-33,35-36H,15-16,21-27H2,1-4H3,(H,41,43);7-10,16,18-19,21-22,28H,5-6,11-15H2,1-4H3,(H,27,31)(H,29,30)/t28-,33+,35-,36-;16-,19+,21-,22-/m00/s1. The highest BCUT2D eigenvalue weighted by Crippen LogP contribution is 2.33. The number of ether oxygens (including phenoxy) is 8. The lowest BCUT2D eigenvalue weighted by atomic mass is 9.88. The van der Waals surface area contributed by atoms with Crippen molar-refractivity contribution in [3.8, 4) is 0 Å². The van der Waals surface area contributed by atoms with Crippen LogP contribution in [0.25, 0.3) is 0 Å². The average Bonchev–Trinajstić information content (AvgIpc) is 4.48. The first-order valence-electron chi connectivity index (χ1n) is 28.6. The highest BCUT2D eigenvalue weighted by atomic mass is 19.1. The van der Waals surface area contributed by atoms with Gasteiger partial charge in [0.1, 0.15) is 29.4 Å². The number of esters is 1. The highest BCUT2D eigenvalue weighted by molar-refractivity contribution is 5.81. The number of carbonyl (C=O) groups is 4. The molecule has 6 rings (SSSR count). The van der Waals surface area contributed by atoms with Crippen LogP contribution in [-0.4, -0.2) is 122 Å². The third kappa shape index (κ3) is 27.4. The lowest BCUT2D eigenvalue weighted by molar-refractivity contribution is -0.149. The fourth-order valence-corrected chi connectivity index (χ4v) is 8.84. The van der Waals surface area contributed by atoms with Crippen LogP contribution >= 0.6 is 0 Å². The van der Waals surface area contributed by atoms with Crippen LogP contribution in [0.15, 0.2) is 109 Å². The molecule has 2 saturated carbocycles. The summed E-state index contributed by atoms with van der Waals surface area (Å²) in [6, 6.07) is 29.7. The van der Waals surface area contributed by atoms with Crippen LogP contribution in [0.2, 0.25) is 0 Å². The van der Waals surface area contributed by atoms with Crippen molar-refractivity contribution in [1.82, 2.24) is 10.6 Å². The second kappa shape index (κ2) is 33.9. The Kier molecular flexibility index (Phi) is 27.6. The van der Waals surface area contributed by atoms with Crippen LogP contribution < -0.4 is 10.6 Å². The van der Waals surface area contributed by atoms with Crippen LogP contribution in [0.4, 0.5) is 18.4 Å². The maximum Gasteiger partial charge on any atom is 0.408 e. The zero-order chi connectivity index (χ0) is 59.7. The molecule has 2 fully saturated rings. The number of halogens is 2. The number of aliphatic hydroxyl groups is 1. The number of carbonyl (C=O) groups excluding carboxylic acids is 3. The molecule has 0 bridgehead atoms. The zero-order valence-electron chi connectivity index (χ0n) is 49.0. The number of hydrogen-bond donors (Lipinski definition) is 4. The van der Waals surface area contributed by atoms with Crippen LogP contribution in [0.1, 0.15) is 116 Å². The number of carboxylic acids is 1. The van der Waals surface area contributed by atoms with Gasteiger partial charge in [-0.2, -0.15) is 0 Å². The minimum Gasteiger partial charge on any atom is -0.480 e. The molecule has 82 heavy (non-hydrogen) atoms. The highest BCUT2D eigenvalue weighted by Gasteiger charge is 2.34. The third-order valence-electron chi connectivity index (χ3n) is 13.5. The summed E-state index contributed by atoms with van der Waals surface area (Å²) in [6.07, 6.45) is 3.57. The largest absolute Gasteiger partial charge is 0.480 e. The van der Waals surface area contributed by atoms with Crippen molar-refractivity contribution in [1.29, 1.82) is 0 Å². The lowest BCUT2D eigenvalue weighted by Crippen LogP contribution is -2.47. The van der Waals surface area contributed by atoms with E-state index in [1.807, 2.05) is 67.6 Å². The van der Waals surface area contributed by atoms with Gasteiger partial charge in [-0.3, -0.25) is 0 Å². The van der Waals surface area contributed by atoms with E-state index in [-0.39, 0.29) is 68.7 Å². The van der Waals surface area contributed by atoms with E-state index in [4.69, 9.17) is 37.9 Å². The molecule has 8 atom stereocenters. The van der Waals surface area contributed by atoms with E-state index < -0.39 is 59.6 Å². The number of carboxylic acid groups (broad SMARTS) is 1. The molecule has 0 radical (unpaired) electrons. The predicted molar refractivity (Wildman–Crippen MR) is 306 cm³/mol. The molecule has 2 aliphatic rings. The minimum absolute atomic E-state index is 0.0396. The molecular weight excluding hydrogens is 1060 g/mol. The van der Waals surface area contributed by atoms with E-state index in [0.29, 0.717) is 57.3 Å². The minimum atomic E-state index is -1.26. The Morgan fingerprint density at radius 1 is 0.561 bits per heavy atom. The van der Waals surface area contributed by atoms with Gasteiger partial charge in [-0.1, -0.05) is 84.9 Å². The fraction of sp³-hybridized carbons (Fsp3) is 0.562. The molecule has 0 saturated heterocycles. The normalized spacial score (nSPS) is 16.4. The molecule has 4 aromatic rings. The first-order chi connectivity index (χ1) is 39.0. The predicted octanol–water partition coefficient (Wildman–Crippen LogP) is 11.0. The topological polar surface area (TPSA) is 207 Å². The first kappa shape index (κ1) is 66.8. The maximum absolute atomic E-state index is 13.8. The summed E-state index contributed by atoms with van der Waals surface area (Å²) in [5.74, 6) is -1.56.